The fourth-order valence-electron chi connectivity index (χ4n) is 3.61. The molecular formula is C21H21FN2O3. The van der Waals surface area contributed by atoms with E-state index in [-0.39, 0.29) is 17.6 Å². The van der Waals surface area contributed by atoms with E-state index in [1.54, 1.807) is 9.80 Å². The number of benzene rings is 2. The van der Waals surface area contributed by atoms with E-state index in [0.29, 0.717) is 38.2 Å². The lowest BCUT2D eigenvalue weighted by molar-refractivity contribution is -0.141. The molecule has 0 saturated carbocycles. The molecular weight excluding hydrogens is 347 g/mol. The lowest BCUT2D eigenvalue weighted by Gasteiger charge is -2.37. The molecule has 5 nitrogen and oxygen atoms in total. The minimum atomic E-state index is -0.459. The summed E-state index contributed by atoms with van der Waals surface area (Å²) < 4.78 is 18.9. The molecule has 0 N–H and O–H groups in total. The molecule has 0 aromatic heterocycles. The van der Waals surface area contributed by atoms with Crippen molar-refractivity contribution in [1.29, 1.82) is 0 Å². The molecule has 2 aliphatic rings. The summed E-state index contributed by atoms with van der Waals surface area (Å²) in [5, 5.41) is 0. The molecule has 2 aliphatic heterocycles. The molecule has 2 heterocycles. The Labute approximate surface area is 157 Å². The van der Waals surface area contributed by atoms with Crippen LogP contribution in [0.3, 0.4) is 0 Å². The van der Waals surface area contributed by atoms with Crippen molar-refractivity contribution in [1.82, 2.24) is 9.80 Å². The molecule has 140 valence electrons. The van der Waals surface area contributed by atoms with Crippen LogP contribution in [0.4, 0.5) is 4.39 Å². The Kier molecular flexibility index (Phi) is 4.79. The van der Waals surface area contributed by atoms with Crippen LogP contribution in [-0.4, -0.2) is 53.9 Å². The number of piperazine rings is 1. The first-order valence-corrected chi connectivity index (χ1v) is 9.20. The van der Waals surface area contributed by atoms with Crippen LogP contribution >= 0.6 is 0 Å². The topological polar surface area (TPSA) is 49.9 Å². The van der Waals surface area contributed by atoms with Gasteiger partial charge in [-0.3, -0.25) is 9.59 Å². The molecule has 1 atom stereocenters. The van der Waals surface area contributed by atoms with E-state index in [1.807, 2.05) is 24.3 Å². The monoisotopic (exact) mass is 368 g/mol. The van der Waals surface area contributed by atoms with Crippen LogP contribution in [0.1, 0.15) is 22.3 Å². The number of fused-ring (bicyclic) bond motifs is 1. The summed E-state index contributed by atoms with van der Waals surface area (Å²) in [6, 6.07) is 13.3. The fraction of sp³-hybridized carbons (Fsp3) is 0.333. The number of carbonyl (C=O) groups is 2. The highest BCUT2D eigenvalue weighted by Crippen LogP contribution is 2.28. The molecule has 2 aromatic carbocycles. The molecule has 1 saturated heterocycles. The summed E-state index contributed by atoms with van der Waals surface area (Å²) in [6.45, 7) is 1.89. The quantitative estimate of drug-likeness (QED) is 0.818. The van der Waals surface area contributed by atoms with Crippen LogP contribution in [0.2, 0.25) is 0 Å². The number of rotatable bonds is 2. The molecule has 1 fully saturated rings. The summed E-state index contributed by atoms with van der Waals surface area (Å²) in [7, 11) is 0. The van der Waals surface area contributed by atoms with Gasteiger partial charge < -0.3 is 14.5 Å². The van der Waals surface area contributed by atoms with E-state index in [4.69, 9.17) is 4.74 Å². The third kappa shape index (κ3) is 3.65. The van der Waals surface area contributed by atoms with E-state index >= 15 is 0 Å². The minimum absolute atomic E-state index is 0.0154. The van der Waals surface area contributed by atoms with Crippen LogP contribution in [0, 0.1) is 5.82 Å². The summed E-state index contributed by atoms with van der Waals surface area (Å²) in [5.41, 5.74) is 1.60. The second-order valence-corrected chi connectivity index (χ2v) is 6.88. The molecule has 0 aliphatic carbocycles. The van der Waals surface area contributed by atoms with Crippen LogP contribution in [-0.2, 0) is 11.2 Å². The van der Waals surface area contributed by atoms with Crippen molar-refractivity contribution in [3.05, 3.63) is 65.5 Å². The average molecular weight is 368 g/mol. The highest BCUT2D eigenvalue weighted by molar-refractivity contribution is 5.94. The average Bonchev–Trinajstić information content (AvgIpc) is 2.73. The van der Waals surface area contributed by atoms with Gasteiger partial charge in [-0.05, 0) is 48.7 Å². The Balaban J connectivity index is 1.34. The van der Waals surface area contributed by atoms with Crippen molar-refractivity contribution in [2.75, 3.05) is 26.2 Å². The van der Waals surface area contributed by atoms with Crippen LogP contribution in [0.5, 0.6) is 5.75 Å². The van der Waals surface area contributed by atoms with Gasteiger partial charge in [0.15, 0.2) is 6.10 Å². The van der Waals surface area contributed by atoms with Gasteiger partial charge in [0.25, 0.3) is 11.8 Å². The Morgan fingerprint density at radius 2 is 1.59 bits per heavy atom. The Morgan fingerprint density at radius 3 is 2.33 bits per heavy atom. The van der Waals surface area contributed by atoms with Gasteiger partial charge in [-0.1, -0.05) is 18.2 Å². The Morgan fingerprint density at radius 1 is 0.926 bits per heavy atom. The van der Waals surface area contributed by atoms with Crippen molar-refractivity contribution in [3.8, 4) is 5.75 Å². The number of ether oxygens (including phenoxy) is 1. The predicted octanol–water partition coefficient (Wildman–Crippen LogP) is 2.50. The molecule has 0 bridgehead atoms. The minimum Gasteiger partial charge on any atom is -0.480 e. The van der Waals surface area contributed by atoms with E-state index in [1.165, 1.54) is 24.3 Å². The number of halogens is 1. The largest absolute Gasteiger partial charge is 0.480 e. The maximum absolute atomic E-state index is 13.0. The van der Waals surface area contributed by atoms with Gasteiger partial charge in [0.05, 0.1) is 0 Å². The Bertz CT molecular complexity index is 845. The number of hydrogen-bond donors (Lipinski definition) is 0. The van der Waals surface area contributed by atoms with Gasteiger partial charge in [-0.15, -0.1) is 0 Å². The number of amides is 2. The summed E-state index contributed by atoms with van der Waals surface area (Å²) >= 11 is 0. The maximum Gasteiger partial charge on any atom is 0.263 e. The highest BCUT2D eigenvalue weighted by Gasteiger charge is 2.32. The zero-order chi connectivity index (χ0) is 18.8. The number of carbonyl (C=O) groups excluding carboxylic acids is 2. The normalized spacial score (nSPS) is 19.2. The molecule has 2 amide bonds. The molecule has 1 unspecified atom stereocenters. The standard InChI is InChI=1S/C21H21FN2O3/c22-17-8-5-16(6-9-17)20(25)23-11-13-24(14-12-23)21(26)19-10-7-15-3-1-2-4-18(15)27-19/h1-6,8-9,19H,7,10-14H2. The summed E-state index contributed by atoms with van der Waals surface area (Å²) in [4.78, 5) is 28.8. The van der Waals surface area contributed by atoms with Crippen molar-refractivity contribution in [2.45, 2.75) is 18.9 Å². The lowest BCUT2D eigenvalue weighted by atomic mass is 10.0. The number of hydrogen-bond acceptors (Lipinski definition) is 3. The van der Waals surface area contributed by atoms with Crippen molar-refractivity contribution in [2.24, 2.45) is 0 Å². The van der Waals surface area contributed by atoms with Gasteiger partial charge in [-0.2, -0.15) is 0 Å². The third-order valence-electron chi connectivity index (χ3n) is 5.16. The van der Waals surface area contributed by atoms with Gasteiger partial charge >= 0.3 is 0 Å². The predicted molar refractivity (Wildman–Crippen MR) is 98.1 cm³/mol. The molecule has 6 heteroatoms. The van der Waals surface area contributed by atoms with Crippen LogP contribution < -0.4 is 4.74 Å². The van der Waals surface area contributed by atoms with E-state index in [0.717, 1.165) is 17.7 Å². The first-order chi connectivity index (χ1) is 13.1. The smallest absolute Gasteiger partial charge is 0.263 e. The molecule has 0 spiro atoms. The van der Waals surface area contributed by atoms with E-state index < -0.39 is 6.10 Å². The van der Waals surface area contributed by atoms with Gasteiger partial charge in [0.2, 0.25) is 0 Å². The van der Waals surface area contributed by atoms with E-state index in [9.17, 15) is 14.0 Å². The van der Waals surface area contributed by atoms with Gasteiger partial charge in [0.1, 0.15) is 11.6 Å². The third-order valence-corrected chi connectivity index (χ3v) is 5.16. The lowest BCUT2D eigenvalue weighted by Crippen LogP contribution is -2.54. The zero-order valence-corrected chi connectivity index (χ0v) is 14.9. The van der Waals surface area contributed by atoms with Crippen LogP contribution in [0.15, 0.2) is 48.5 Å². The molecule has 0 radical (unpaired) electrons. The van der Waals surface area contributed by atoms with Crippen molar-refractivity contribution in [3.63, 3.8) is 0 Å². The SMILES string of the molecule is O=C(c1ccc(F)cc1)N1CCN(C(=O)C2CCc3ccccc3O2)CC1. The second kappa shape index (κ2) is 7.39. The van der Waals surface area contributed by atoms with Gasteiger partial charge in [-0.25, -0.2) is 4.39 Å². The fourth-order valence-corrected chi connectivity index (χ4v) is 3.61. The van der Waals surface area contributed by atoms with Crippen molar-refractivity contribution >= 4 is 11.8 Å². The molecule has 2 aromatic rings. The number of aryl methyl sites for hydroxylation is 1. The molecule has 27 heavy (non-hydrogen) atoms. The summed E-state index contributed by atoms with van der Waals surface area (Å²) in [5.74, 6) is 0.270. The van der Waals surface area contributed by atoms with Crippen LogP contribution in [0.25, 0.3) is 0 Å². The zero-order valence-electron chi connectivity index (χ0n) is 14.9. The number of nitrogens with zero attached hydrogens (tertiary/aromatic N) is 2. The van der Waals surface area contributed by atoms with E-state index in [2.05, 4.69) is 0 Å². The first kappa shape index (κ1) is 17.5. The second-order valence-electron chi connectivity index (χ2n) is 6.88. The Hall–Kier alpha value is -2.89. The highest BCUT2D eigenvalue weighted by atomic mass is 19.1. The summed E-state index contributed by atoms with van der Waals surface area (Å²) in [6.07, 6.45) is 1.04. The van der Waals surface area contributed by atoms with Gasteiger partial charge in [0, 0.05) is 31.7 Å². The first-order valence-electron chi connectivity index (χ1n) is 9.20. The maximum atomic E-state index is 13.0. The number of para-hydroxylation sites is 1. The van der Waals surface area contributed by atoms with Crippen molar-refractivity contribution < 1.29 is 18.7 Å². The molecule has 4 rings (SSSR count).